The van der Waals surface area contributed by atoms with E-state index in [0.717, 1.165) is 45.1 Å². The summed E-state index contributed by atoms with van der Waals surface area (Å²) >= 11 is 5.22. The second kappa shape index (κ2) is 19.6. The van der Waals surface area contributed by atoms with Gasteiger partial charge in [0.25, 0.3) is 5.17 Å². The second-order valence-corrected chi connectivity index (χ2v) is 9.01. The minimum atomic E-state index is 0.524. The summed E-state index contributed by atoms with van der Waals surface area (Å²) in [5, 5.41) is 3.70. The van der Waals surface area contributed by atoms with E-state index >= 15 is 0 Å². The average molecular weight is 434 g/mol. The molecule has 30 heavy (non-hydrogen) atoms. The average Bonchev–Trinajstić information content (AvgIpc) is 2.67. The molecule has 0 aromatic rings. The van der Waals surface area contributed by atoms with Gasteiger partial charge < -0.3 is 10.1 Å². The number of rotatable bonds is 16. The topological polar surface area (TPSA) is 21.3 Å². The molecule has 172 valence electrons. The summed E-state index contributed by atoms with van der Waals surface area (Å²) in [6, 6.07) is 0. The molecule has 0 bridgehead atoms. The lowest BCUT2D eigenvalue weighted by Gasteiger charge is -2.08. The van der Waals surface area contributed by atoms with E-state index in [0.29, 0.717) is 11.8 Å². The molecule has 0 saturated carbocycles. The zero-order valence-electron chi connectivity index (χ0n) is 20.6. The van der Waals surface area contributed by atoms with Gasteiger partial charge in [-0.05, 0) is 97.9 Å². The summed E-state index contributed by atoms with van der Waals surface area (Å²) in [6.07, 6.45) is 21.0. The van der Waals surface area contributed by atoms with Gasteiger partial charge in [0.05, 0.1) is 0 Å². The quantitative estimate of drug-likeness (QED) is 0.149. The Morgan fingerprint density at radius 1 is 0.733 bits per heavy atom. The lowest BCUT2D eigenvalue weighted by atomic mass is 10.0. The molecule has 0 saturated heterocycles. The molecule has 0 aliphatic heterocycles. The van der Waals surface area contributed by atoms with Crippen LogP contribution in [0.3, 0.4) is 0 Å². The Morgan fingerprint density at radius 3 is 1.80 bits per heavy atom. The van der Waals surface area contributed by atoms with Crippen LogP contribution in [0.1, 0.15) is 106 Å². The number of unbranched alkanes of at least 4 members (excludes halogenated alkanes) is 3. The maximum absolute atomic E-state index is 5.58. The molecular weight excluding hydrogens is 386 g/mol. The standard InChI is InChI=1S/C27H47NOS/c1-7-8-9-10-21-28-27(30)29-22-20-26(6)19-13-18-25(5)17-12-16-24(4)15-11-14-23(2)3/h14,16,18,20H,7-13,15,17,19,21-22H2,1-6H3,(H,28,30). The number of nitrogens with one attached hydrogen (secondary N) is 1. The molecule has 0 amide bonds. The Balaban J connectivity index is 3.92. The van der Waals surface area contributed by atoms with Crippen LogP contribution in [0.2, 0.25) is 0 Å². The predicted octanol–water partition coefficient (Wildman–Crippen LogP) is 8.60. The molecule has 0 aliphatic rings. The second-order valence-electron chi connectivity index (χ2n) is 8.63. The lowest BCUT2D eigenvalue weighted by molar-refractivity contribution is 0.340. The fourth-order valence-electron chi connectivity index (χ4n) is 3.04. The van der Waals surface area contributed by atoms with Crippen molar-refractivity contribution < 1.29 is 4.74 Å². The molecule has 0 radical (unpaired) electrons. The molecular formula is C27H47NOS. The molecule has 2 nitrogen and oxygen atoms in total. The fraction of sp³-hybridized carbons (Fsp3) is 0.667. The minimum Gasteiger partial charge on any atom is -0.467 e. The Hall–Kier alpha value is -1.35. The van der Waals surface area contributed by atoms with E-state index in [4.69, 9.17) is 17.0 Å². The highest BCUT2D eigenvalue weighted by molar-refractivity contribution is 7.80. The van der Waals surface area contributed by atoms with Gasteiger partial charge in [0, 0.05) is 6.54 Å². The van der Waals surface area contributed by atoms with Crippen molar-refractivity contribution in [2.24, 2.45) is 0 Å². The number of thiocarbonyl (C=S) groups is 1. The summed E-state index contributed by atoms with van der Waals surface area (Å²) in [5.74, 6) is 0. The van der Waals surface area contributed by atoms with Crippen LogP contribution in [-0.4, -0.2) is 18.3 Å². The van der Waals surface area contributed by atoms with E-state index in [1.54, 1.807) is 0 Å². The molecule has 0 aliphatic carbocycles. The van der Waals surface area contributed by atoms with Gasteiger partial charge in [-0.1, -0.05) is 66.7 Å². The van der Waals surface area contributed by atoms with Crippen LogP contribution in [0, 0.1) is 0 Å². The SMILES string of the molecule is CCCCCCNC(=S)OCC=C(C)CCC=C(C)CCC=C(C)CCC=C(C)C. The minimum absolute atomic E-state index is 0.524. The summed E-state index contributed by atoms with van der Waals surface area (Å²) < 4.78 is 5.58. The van der Waals surface area contributed by atoms with Crippen LogP contribution in [0.15, 0.2) is 46.6 Å². The largest absolute Gasteiger partial charge is 0.467 e. The van der Waals surface area contributed by atoms with Gasteiger partial charge in [0.15, 0.2) is 0 Å². The van der Waals surface area contributed by atoms with Gasteiger partial charge in [0.1, 0.15) is 6.61 Å². The molecule has 0 unspecified atom stereocenters. The fourth-order valence-corrected chi connectivity index (χ4v) is 3.21. The van der Waals surface area contributed by atoms with Gasteiger partial charge in [0.2, 0.25) is 0 Å². The zero-order chi connectivity index (χ0) is 22.6. The van der Waals surface area contributed by atoms with Crippen molar-refractivity contribution in [2.45, 2.75) is 106 Å². The Kier molecular flexibility index (Phi) is 18.7. The van der Waals surface area contributed by atoms with Crippen LogP contribution >= 0.6 is 12.2 Å². The first-order valence-corrected chi connectivity index (χ1v) is 12.3. The van der Waals surface area contributed by atoms with E-state index in [1.807, 2.05) is 0 Å². The summed E-state index contributed by atoms with van der Waals surface area (Å²) in [4.78, 5) is 0. The molecule has 0 heterocycles. The molecule has 0 aromatic heterocycles. The third-order valence-electron chi connectivity index (χ3n) is 5.10. The van der Waals surface area contributed by atoms with Crippen molar-refractivity contribution in [1.29, 1.82) is 0 Å². The smallest absolute Gasteiger partial charge is 0.256 e. The Labute approximate surface area is 192 Å². The van der Waals surface area contributed by atoms with Crippen molar-refractivity contribution in [2.75, 3.05) is 13.2 Å². The first-order valence-electron chi connectivity index (χ1n) is 11.9. The summed E-state index contributed by atoms with van der Waals surface area (Å²) in [6.45, 7) is 14.7. The van der Waals surface area contributed by atoms with Gasteiger partial charge in [-0.3, -0.25) is 0 Å². The molecule has 0 rings (SSSR count). The van der Waals surface area contributed by atoms with E-state index in [1.165, 1.54) is 48.0 Å². The van der Waals surface area contributed by atoms with E-state index in [-0.39, 0.29) is 0 Å². The van der Waals surface area contributed by atoms with Crippen molar-refractivity contribution >= 4 is 17.4 Å². The highest BCUT2D eigenvalue weighted by Gasteiger charge is 1.97. The molecule has 0 aromatic carbocycles. The summed E-state index contributed by atoms with van der Waals surface area (Å²) in [7, 11) is 0. The first kappa shape index (κ1) is 28.6. The van der Waals surface area contributed by atoms with Gasteiger partial charge >= 0.3 is 0 Å². The predicted molar refractivity (Wildman–Crippen MR) is 139 cm³/mol. The summed E-state index contributed by atoms with van der Waals surface area (Å²) in [5.41, 5.74) is 5.77. The van der Waals surface area contributed by atoms with Crippen LogP contribution in [0.4, 0.5) is 0 Å². The number of hydrogen-bond donors (Lipinski definition) is 1. The highest BCUT2D eigenvalue weighted by atomic mass is 32.1. The van der Waals surface area contributed by atoms with E-state index < -0.39 is 0 Å². The van der Waals surface area contributed by atoms with Crippen LogP contribution in [0.25, 0.3) is 0 Å². The van der Waals surface area contributed by atoms with Crippen molar-refractivity contribution in [3.63, 3.8) is 0 Å². The molecule has 0 fully saturated rings. The Bertz CT molecular complexity index is 580. The monoisotopic (exact) mass is 433 g/mol. The van der Waals surface area contributed by atoms with Crippen LogP contribution in [0.5, 0.6) is 0 Å². The molecule has 0 atom stereocenters. The van der Waals surface area contributed by atoms with Gasteiger partial charge in [-0.15, -0.1) is 0 Å². The highest BCUT2D eigenvalue weighted by Crippen LogP contribution is 2.13. The third-order valence-corrected chi connectivity index (χ3v) is 5.36. The number of ether oxygens (including phenoxy) is 1. The number of hydrogen-bond acceptors (Lipinski definition) is 2. The molecule has 1 N–H and O–H groups in total. The maximum Gasteiger partial charge on any atom is 0.256 e. The van der Waals surface area contributed by atoms with Gasteiger partial charge in [-0.2, -0.15) is 0 Å². The van der Waals surface area contributed by atoms with Crippen molar-refractivity contribution in [1.82, 2.24) is 5.32 Å². The third kappa shape index (κ3) is 19.9. The molecule has 0 spiro atoms. The molecule has 3 heteroatoms. The number of allylic oxidation sites excluding steroid dienone is 7. The van der Waals surface area contributed by atoms with Crippen molar-refractivity contribution in [3.8, 4) is 0 Å². The normalized spacial score (nSPS) is 12.7. The zero-order valence-corrected chi connectivity index (χ0v) is 21.4. The van der Waals surface area contributed by atoms with E-state index in [9.17, 15) is 0 Å². The maximum atomic E-state index is 5.58. The Morgan fingerprint density at radius 2 is 1.27 bits per heavy atom. The van der Waals surface area contributed by atoms with Crippen LogP contribution < -0.4 is 5.32 Å². The van der Waals surface area contributed by atoms with Crippen LogP contribution in [-0.2, 0) is 4.74 Å². The van der Waals surface area contributed by atoms with Crippen molar-refractivity contribution in [3.05, 3.63) is 46.6 Å². The lowest BCUT2D eigenvalue weighted by Crippen LogP contribution is -2.25. The van der Waals surface area contributed by atoms with Gasteiger partial charge in [-0.25, -0.2) is 0 Å². The van der Waals surface area contributed by atoms with E-state index in [2.05, 4.69) is 71.2 Å². The first-order chi connectivity index (χ1) is 14.3.